The first-order chi connectivity index (χ1) is 11.6. The highest BCUT2D eigenvalue weighted by molar-refractivity contribution is 6.48. The summed E-state index contributed by atoms with van der Waals surface area (Å²) in [5.74, 6) is 1.60. The van der Waals surface area contributed by atoms with Crippen LogP contribution >= 0.6 is 0 Å². The molecule has 0 N–H and O–H groups in total. The lowest BCUT2D eigenvalue weighted by Crippen LogP contribution is -2.48. The SMILES string of the molecule is CCOC(=O)[C@@H]1[C@@H](CC2CCCCC2)[C@H]1C(C)(O[SiH](C)C)C(C)(C)C. The lowest BCUT2D eigenvalue weighted by molar-refractivity contribution is -0.146. The van der Waals surface area contributed by atoms with Crippen molar-refractivity contribution in [2.45, 2.75) is 91.8 Å². The minimum atomic E-state index is -1.21. The van der Waals surface area contributed by atoms with Gasteiger partial charge in [0.2, 0.25) is 0 Å². The van der Waals surface area contributed by atoms with E-state index in [4.69, 9.17) is 9.16 Å². The quantitative estimate of drug-likeness (QED) is 0.458. The second kappa shape index (κ2) is 8.12. The molecule has 3 nitrogen and oxygen atoms in total. The third-order valence-electron chi connectivity index (χ3n) is 6.66. The molecule has 0 radical (unpaired) electrons. The fourth-order valence-corrected chi connectivity index (χ4v) is 6.52. The van der Waals surface area contributed by atoms with Crippen LogP contribution in [0.25, 0.3) is 0 Å². The number of rotatable bonds is 7. The maximum atomic E-state index is 12.7. The molecule has 2 aliphatic rings. The summed E-state index contributed by atoms with van der Waals surface area (Å²) >= 11 is 0. The van der Waals surface area contributed by atoms with Crippen LogP contribution in [0.2, 0.25) is 13.1 Å². The summed E-state index contributed by atoms with van der Waals surface area (Å²) in [5, 5.41) is 0. The van der Waals surface area contributed by atoms with E-state index in [1.165, 1.54) is 38.5 Å². The third-order valence-corrected chi connectivity index (χ3v) is 7.62. The summed E-state index contributed by atoms with van der Waals surface area (Å²) in [6.07, 6.45) is 7.96. The van der Waals surface area contributed by atoms with E-state index in [2.05, 4.69) is 40.8 Å². The van der Waals surface area contributed by atoms with Crippen molar-refractivity contribution in [2.75, 3.05) is 6.61 Å². The lowest BCUT2D eigenvalue weighted by atomic mass is 9.73. The van der Waals surface area contributed by atoms with Crippen LogP contribution < -0.4 is 0 Å². The topological polar surface area (TPSA) is 35.5 Å². The smallest absolute Gasteiger partial charge is 0.309 e. The minimum Gasteiger partial charge on any atom is -0.466 e. The largest absolute Gasteiger partial charge is 0.466 e. The molecule has 0 bridgehead atoms. The molecule has 4 heteroatoms. The van der Waals surface area contributed by atoms with Gasteiger partial charge >= 0.3 is 5.97 Å². The molecule has 0 aromatic carbocycles. The van der Waals surface area contributed by atoms with Crippen LogP contribution in [-0.2, 0) is 14.0 Å². The highest BCUT2D eigenvalue weighted by atomic mass is 28.3. The normalized spacial score (nSPS) is 30.2. The van der Waals surface area contributed by atoms with Gasteiger partial charge in [-0.05, 0) is 50.6 Å². The van der Waals surface area contributed by atoms with Crippen LogP contribution in [0.1, 0.15) is 73.1 Å². The van der Waals surface area contributed by atoms with Gasteiger partial charge in [0.05, 0.1) is 18.1 Å². The maximum Gasteiger partial charge on any atom is 0.309 e. The van der Waals surface area contributed by atoms with E-state index in [1.807, 2.05) is 6.92 Å². The van der Waals surface area contributed by atoms with Gasteiger partial charge in [-0.2, -0.15) is 0 Å². The van der Waals surface area contributed by atoms with E-state index < -0.39 is 9.04 Å². The molecule has 2 aliphatic carbocycles. The van der Waals surface area contributed by atoms with E-state index in [-0.39, 0.29) is 22.9 Å². The predicted octanol–water partition coefficient (Wildman–Crippen LogP) is 5.19. The first-order valence-corrected chi connectivity index (χ1v) is 13.2. The number of hydrogen-bond donors (Lipinski definition) is 0. The number of ether oxygens (including phenoxy) is 1. The molecular formula is C21H40O3Si. The fourth-order valence-electron chi connectivity index (χ4n) is 5.03. The van der Waals surface area contributed by atoms with Crippen molar-refractivity contribution in [2.24, 2.45) is 29.1 Å². The average molecular weight is 369 g/mol. The standard InChI is InChI=1S/C21H40O3Si/c1-8-23-19(22)17-16(14-15-12-10-9-11-13-15)18(17)21(5,20(2,3)4)24-25(6)7/h15-18,25H,8-14H2,1-7H3/t16-,17-,18-,21?/m1/s1. The zero-order valence-electron chi connectivity index (χ0n) is 17.6. The first-order valence-electron chi connectivity index (χ1n) is 10.5. The van der Waals surface area contributed by atoms with Gasteiger partial charge in [-0.25, -0.2) is 0 Å². The Bertz CT molecular complexity index is 451. The monoisotopic (exact) mass is 368 g/mol. The van der Waals surface area contributed by atoms with Gasteiger partial charge in [0.25, 0.3) is 0 Å². The summed E-state index contributed by atoms with van der Waals surface area (Å²) < 4.78 is 12.1. The molecule has 0 saturated heterocycles. The summed E-state index contributed by atoms with van der Waals surface area (Å²) in [7, 11) is -1.21. The predicted molar refractivity (Wildman–Crippen MR) is 106 cm³/mol. The maximum absolute atomic E-state index is 12.7. The molecule has 0 aromatic rings. The van der Waals surface area contributed by atoms with Gasteiger partial charge in [0.1, 0.15) is 0 Å². The van der Waals surface area contributed by atoms with Gasteiger partial charge < -0.3 is 9.16 Å². The van der Waals surface area contributed by atoms with Crippen molar-refractivity contribution >= 4 is 15.0 Å². The molecule has 2 saturated carbocycles. The van der Waals surface area contributed by atoms with Crippen LogP contribution in [0.4, 0.5) is 0 Å². The van der Waals surface area contributed by atoms with Crippen molar-refractivity contribution in [3.63, 3.8) is 0 Å². The first kappa shape index (κ1) is 21.0. The number of esters is 1. The Balaban J connectivity index is 2.21. The molecule has 0 aromatic heterocycles. The van der Waals surface area contributed by atoms with Gasteiger partial charge in [0.15, 0.2) is 9.04 Å². The van der Waals surface area contributed by atoms with Crippen molar-refractivity contribution in [3.8, 4) is 0 Å². The summed E-state index contributed by atoms with van der Waals surface area (Å²) in [6.45, 7) is 15.9. The molecule has 146 valence electrons. The number of carbonyl (C=O) groups excluding carboxylic acids is 1. The Labute approximate surface area is 157 Å². The van der Waals surface area contributed by atoms with Crippen LogP contribution in [0.15, 0.2) is 0 Å². The van der Waals surface area contributed by atoms with Gasteiger partial charge in [-0.15, -0.1) is 0 Å². The summed E-state index contributed by atoms with van der Waals surface area (Å²) in [4.78, 5) is 12.7. The average Bonchev–Trinajstić information content (AvgIpc) is 3.21. The zero-order chi connectivity index (χ0) is 18.8. The Hall–Kier alpha value is -0.353. The van der Waals surface area contributed by atoms with Crippen molar-refractivity contribution in [1.29, 1.82) is 0 Å². The van der Waals surface area contributed by atoms with Crippen molar-refractivity contribution in [1.82, 2.24) is 0 Å². The molecular weight excluding hydrogens is 328 g/mol. The fraction of sp³-hybridized carbons (Fsp3) is 0.952. The Morgan fingerprint density at radius 3 is 2.16 bits per heavy atom. The van der Waals surface area contributed by atoms with E-state index in [1.54, 1.807) is 0 Å². The minimum absolute atomic E-state index is 0.0119. The third kappa shape index (κ3) is 4.68. The molecule has 2 rings (SSSR count). The molecule has 25 heavy (non-hydrogen) atoms. The van der Waals surface area contributed by atoms with E-state index in [0.29, 0.717) is 18.4 Å². The Kier molecular flexibility index (Phi) is 6.81. The van der Waals surface area contributed by atoms with Crippen LogP contribution in [0.3, 0.4) is 0 Å². The molecule has 4 atom stereocenters. The molecule has 0 spiro atoms. The van der Waals surface area contributed by atoms with Gasteiger partial charge in [-0.3, -0.25) is 4.79 Å². The number of carbonyl (C=O) groups is 1. The highest BCUT2D eigenvalue weighted by Gasteiger charge is 2.66. The van der Waals surface area contributed by atoms with Crippen LogP contribution in [0.5, 0.6) is 0 Å². The molecule has 0 heterocycles. The number of hydrogen-bond acceptors (Lipinski definition) is 3. The molecule has 0 aliphatic heterocycles. The van der Waals surface area contributed by atoms with E-state index in [9.17, 15) is 4.79 Å². The molecule has 2 fully saturated rings. The summed E-state index contributed by atoms with van der Waals surface area (Å²) in [5.41, 5.74) is -0.231. The lowest BCUT2D eigenvalue weighted by Gasteiger charge is -2.45. The molecule has 1 unspecified atom stereocenters. The Morgan fingerprint density at radius 1 is 1.08 bits per heavy atom. The van der Waals surface area contributed by atoms with Crippen LogP contribution in [0, 0.1) is 29.1 Å². The highest BCUT2D eigenvalue weighted by Crippen LogP contribution is 2.62. The van der Waals surface area contributed by atoms with Crippen LogP contribution in [-0.4, -0.2) is 27.2 Å². The summed E-state index contributed by atoms with van der Waals surface area (Å²) in [6, 6.07) is 0. The second-order valence-corrected chi connectivity index (χ2v) is 12.1. The van der Waals surface area contributed by atoms with E-state index >= 15 is 0 Å². The molecule has 0 amide bonds. The van der Waals surface area contributed by atoms with E-state index in [0.717, 1.165) is 5.92 Å². The zero-order valence-corrected chi connectivity index (χ0v) is 18.7. The Morgan fingerprint density at radius 2 is 1.68 bits per heavy atom. The second-order valence-electron chi connectivity index (χ2n) is 9.73. The van der Waals surface area contributed by atoms with Crippen molar-refractivity contribution < 1.29 is 14.0 Å². The van der Waals surface area contributed by atoms with Gasteiger partial charge in [0, 0.05) is 5.92 Å². The van der Waals surface area contributed by atoms with Gasteiger partial charge in [-0.1, -0.05) is 52.9 Å². The van der Waals surface area contributed by atoms with Crippen molar-refractivity contribution in [3.05, 3.63) is 0 Å².